The Labute approximate surface area is 160 Å². The summed E-state index contributed by atoms with van der Waals surface area (Å²) in [5.41, 5.74) is 1.64. The van der Waals surface area contributed by atoms with Gasteiger partial charge in [-0.3, -0.25) is 14.2 Å². The van der Waals surface area contributed by atoms with Gasteiger partial charge in [0.25, 0.3) is 11.5 Å². The topological polar surface area (TPSA) is 66.9 Å². The number of carbonyl (C=O) groups excluding carboxylic acids is 1. The first-order valence-corrected chi connectivity index (χ1v) is 8.81. The van der Waals surface area contributed by atoms with Crippen LogP contribution in [-0.4, -0.2) is 22.0 Å². The van der Waals surface area contributed by atoms with E-state index in [9.17, 15) is 14.0 Å². The Balaban J connectivity index is 1.76. The van der Waals surface area contributed by atoms with Crippen LogP contribution < -0.4 is 10.9 Å². The number of aromatic nitrogens is 2. The van der Waals surface area contributed by atoms with Crippen molar-refractivity contribution >= 4 is 29.0 Å². The highest BCUT2D eigenvalue weighted by atomic mass is 32.1. The number of rotatable bonds is 6. The van der Waals surface area contributed by atoms with Crippen molar-refractivity contribution in [2.24, 2.45) is 0 Å². The summed E-state index contributed by atoms with van der Waals surface area (Å²) in [5.74, 6) is -0.544. The molecule has 27 heavy (non-hydrogen) atoms. The van der Waals surface area contributed by atoms with Gasteiger partial charge in [-0.1, -0.05) is 18.2 Å². The molecular formula is C20H18FN3O2S. The summed E-state index contributed by atoms with van der Waals surface area (Å²) in [6, 6.07) is 11.0. The molecule has 0 spiro atoms. The summed E-state index contributed by atoms with van der Waals surface area (Å²) in [7, 11) is 0. The molecule has 0 radical (unpaired) electrons. The largest absolute Gasteiger partial charge is 0.352 e. The fourth-order valence-corrected chi connectivity index (χ4v) is 3.03. The van der Waals surface area contributed by atoms with Crippen molar-refractivity contribution in [3.05, 3.63) is 87.2 Å². The lowest BCUT2D eigenvalue weighted by Crippen LogP contribution is -2.26. The van der Waals surface area contributed by atoms with Crippen LogP contribution in [0.15, 0.2) is 59.9 Å². The van der Waals surface area contributed by atoms with E-state index in [1.165, 1.54) is 16.7 Å². The van der Waals surface area contributed by atoms with Crippen LogP contribution in [0.2, 0.25) is 0 Å². The van der Waals surface area contributed by atoms with E-state index in [0.717, 1.165) is 5.56 Å². The maximum atomic E-state index is 12.9. The molecule has 2 aromatic carbocycles. The number of allylic oxidation sites excluding steroid dienone is 1. The number of benzene rings is 2. The molecule has 0 saturated heterocycles. The summed E-state index contributed by atoms with van der Waals surface area (Å²) >= 11 is 5.21. The SMILES string of the molecule is C=CCn1c(=S)[nH]c2cc(C(=O)NCCc3ccc(F)cc3)ccc2c1=O. The van der Waals surface area contributed by atoms with Crippen molar-refractivity contribution in [2.75, 3.05) is 6.54 Å². The molecule has 0 unspecified atom stereocenters. The summed E-state index contributed by atoms with van der Waals surface area (Å²) < 4.78 is 14.6. The molecule has 138 valence electrons. The maximum absolute atomic E-state index is 12.9. The number of hydrogen-bond acceptors (Lipinski definition) is 3. The number of H-pyrrole nitrogens is 1. The Hall–Kier alpha value is -3.06. The molecule has 1 heterocycles. The fraction of sp³-hybridized carbons (Fsp3) is 0.150. The highest BCUT2D eigenvalue weighted by molar-refractivity contribution is 7.71. The predicted octanol–water partition coefficient (Wildman–Crippen LogP) is 3.36. The van der Waals surface area contributed by atoms with E-state index in [1.807, 2.05) is 0 Å². The van der Waals surface area contributed by atoms with Gasteiger partial charge in [0, 0.05) is 18.7 Å². The summed E-state index contributed by atoms with van der Waals surface area (Å²) in [5, 5.41) is 3.27. The first-order chi connectivity index (χ1) is 13.0. The van der Waals surface area contributed by atoms with E-state index in [4.69, 9.17) is 12.2 Å². The van der Waals surface area contributed by atoms with Crippen LogP contribution in [0.1, 0.15) is 15.9 Å². The molecule has 3 aromatic rings. The highest BCUT2D eigenvalue weighted by Crippen LogP contribution is 2.11. The normalized spacial score (nSPS) is 10.7. The first kappa shape index (κ1) is 18.7. The van der Waals surface area contributed by atoms with Gasteiger partial charge < -0.3 is 10.3 Å². The number of nitrogens with one attached hydrogen (secondary N) is 2. The Morgan fingerprint density at radius 3 is 2.70 bits per heavy atom. The predicted molar refractivity (Wildman–Crippen MR) is 106 cm³/mol. The van der Waals surface area contributed by atoms with Gasteiger partial charge >= 0.3 is 0 Å². The third kappa shape index (κ3) is 4.20. The Morgan fingerprint density at radius 1 is 1.26 bits per heavy atom. The Morgan fingerprint density at radius 2 is 2.00 bits per heavy atom. The molecule has 1 aromatic heterocycles. The number of aromatic amines is 1. The minimum Gasteiger partial charge on any atom is -0.352 e. The minimum atomic E-state index is -0.288. The summed E-state index contributed by atoms with van der Waals surface area (Å²) in [4.78, 5) is 27.8. The Kier molecular flexibility index (Phi) is 5.61. The third-order valence-electron chi connectivity index (χ3n) is 4.17. The second-order valence-electron chi connectivity index (χ2n) is 6.03. The molecule has 0 aliphatic carbocycles. The molecule has 1 amide bonds. The lowest BCUT2D eigenvalue weighted by atomic mass is 10.1. The molecule has 0 bridgehead atoms. The second kappa shape index (κ2) is 8.09. The van der Waals surface area contributed by atoms with E-state index >= 15 is 0 Å². The molecule has 0 aliphatic rings. The number of fused-ring (bicyclic) bond motifs is 1. The van der Waals surface area contributed by atoms with E-state index in [1.54, 1.807) is 36.4 Å². The van der Waals surface area contributed by atoms with E-state index in [2.05, 4.69) is 16.9 Å². The molecule has 0 saturated carbocycles. The van der Waals surface area contributed by atoms with Crippen LogP contribution in [-0.2, 0) is 13.0 Å². The quantitative estimate of drug-likeness (QED) is 0.507. The van der Waals surface area contributed by atoms with Crippen LogP contribution in [0, 0.1) is 10.6 Å². The number of amides is 1. The lowest BCUT2D eigenvalue weighted by Gasteiger charge is -2.08. The lowest BCUT2D eigenvalue weighted by molar-refractivity contribution is 0.0954. The average molecular weight is 383 g/mol. The van der Waals surface area contributed by atoms with Gasteiger partial charge in [0.1, 0.15) is 5.82 Å². The second-order valence-corrected chi connectivity index (χ2v) is 6.41. The zero-order valence-corrected chi connectivity index (χ0v) is 15.3. The number of carbonyl (C=O) groups is 1. The van der Waals surface area contributed by atoms with Gasteiger partial charge in [0.15, 0.2) is 4.77 Å². The van der Waals surface area contributed by atoms with Gasteiger partial charge in [-0.15, -0.1) is 6.58 Å². The first-order valence-electron chi connectivity index (χ1n) is 8.40. The molecule has 3 rings (SSSR count). The molecule has 2 N–H and O–H groups in total. The number of hydrogen-bond donors (Lipinski definition) is 2. The van der Waals surface area contributed by atoms with Gasteiger partial charge in [0.2, 0.25) is 0 Å². The molecule has 7 heteroatoms. The van der Waals surface area contributed by atoms with Gasteiger partial charge in [0.05, 0.1) is 10.9 Å². The molecule has 0 aliphatic heterocycles. The van der Waals surface area contributed by atoms with Crippen LogP contribution >= 0.6 is 12.2 Å². The van der Waals surface area contributed by atoms with Crippen molar-refractivity contribution in [3.63, 3.8) is 0 Å². The molecule has 0 atom stereocenters. The maximum Gasteiger partial charge on any atom is 0.262 e. The summed E-state index contributed by atoms with van der Waals surface area (Å²) in [6.45, 7) is 4.35. The molecular weight excluding hydrogens is 365 g/mol. The van der Waals surface area contributed by atoms with Crippen LogP contribution in [0.25, 0.3) is 10.9 Å². The van der Waals surface area contributed by atoms with Crippen molar-refractivity contribution in [1.82, 2.24) is 14.9 Å². The smallest absolute Gasteiger partial charge is 0.262 e. The van der Waals surface area contributed by atoms with Crippen LogP contribution in [0.5, 0.6) is 0 Å². The number of nitrogens with zero attached hydrogens (tertiary/aromatic N) is 1. The van der Waals surface area contributed by atoms with Gasteiger partial charge in [-0.2, -0.15) is 0 Å². The highest BCUT2D eigenvalue weighted by Gasteiger charge is 2.10. The van der Waals surface area contributed by atoms with Crippen molar-refractivity contribution < 1.29 is 9.18 Å². The average Bonchev–Trinajstić information content (AvgIpc) is 2.66. The minimum absolute atomic E-state index is 0.225. The molecule has 0 fully saturated rings. The zero-order valence-electron chi connectivity index (χ0n) is 14.5. The third-order valence-corrected chi connectivity index (χ3v) is 4.49. The van der Waals surface area contributed by atoms with Crippen molar-refractivity contribution in [2.45, 2.75) is 13.0 Å². The summed E-state index contributed by atoms with van der Waals surface area (Å²) in [6.07, 6.45) is 2.19. The fourth-order valence-electron chi connectivity index (χ4n) is 2.76. The molecule has 5 nitrogen and oxygen atoms in total. The van der Waals surface area contributed by atoms with E-state index in [-0.39, 0.29) is 22.1 Å². The number of halogens is 1. The van der Waals surface area contributed by atoms with Gasteiger partial charge in [-0.25, -0.2) is 4.39 Å². The Bertz CT molecular complexity index is 1120. The van der Waals surface area contributed by atoms with Crippen LogP contribution in [0.3, 0.4) is 0 Å². The van der Waals surface area contributed by atoms with Crippen molar-refractivity contribution in [1.29, 1.82) is 0 Å². The van der Waals surface area contributed by atoms with Gasteiger partial charge in [-0.05, 0) is 54.5 Å². The zero-order chi connectivity index (χ0) is 19.4. The van der Waals surface area contributed by atoms with E-state index in [0.29, 0.717) is 36.0 Å². The van der Waals surface area contributed by atoms with E-state index < -0.39 is 0 Å². The van der Waals surface area contributed by atoms with Crippen molar-refractivity contribution in [3.8, 4) is 0 Å². The standard InChI is InChI=1S/C20H18FN3O2S/c1-2-11-24-19(26)16-8-5-14(12-17(16)23-20(24)27)18(25)22-10-9-13-3-6-15(21)7-4-13/h2-8,12H,1,9-11H2,(H,22,25)(H,23,27). The monoisotopic (exact) mass is 383 g/mol. The van der Waals surface area contributed by atoms with Crippen LogP contribution in [0.4, 0.5) is 4.39 Å².